The molecule has 1 aliphatic rings. The highest BCUT2D eigenvalue weighted by Gasteiger charge is 2.41. The van der Waals surface area contributed by atoms with E-state index in [2.05, 4.69) is 31.2 Å². The predicted molar refractivity (Wildman–Crippen MR) is 157 cm³/mol. The number of phenolic OH excluding ortho intramolecular Hbond substituents is 1. The van der Waals surface area contributed by atoms with E-state index >= 15 is 0 Å². The third kappa shape index (κ3) is 4.94. The maximum absolute atomic E-state index is 13.1. The molecule has 1 saturated heterocycles. The van der Waals surface area contributed by atoms with Gasteiger partial charge in [-0.2, -0.15) is 0 Å². The number of aromatic hydroxyl groups is 1. The fourth-order valence-electron chi connectivity index (χ4n) is 5.22. The summed E-state index contributed by atoms with van der Waals surface area (Å²) in [5, 5.41) is 19.0. The van der Waals surface area contributed by atoms with Crippen molar-refractivity contribution in [1.82, 2.24) is 19.8 Å². The third-order valence-corrected chi connectivity index (χ3v) is 7.40. The summed E-state index contributed by atoms with van der Waals surface area (Å²) < 4.78 is 2.08. The number of hydrogen-bond donors (Lipinski definition) is 3. The summed E-state index contributed by atoms with van der Waals surface area (Å²) in [6, 6.07) is 30.5. The number of carbonyl (C=O) groups excluding carboxylic acids is 1. The molecule has 0 spiro atoms. The Morgan fingerprint density at radius 3 is 2.56 bits per heavy atom. The predicted octanol–water partition coefficient (Wildman–Crippen LogP) is 5.73. The molecule has 8 heteroatoms. The molecule has 2 aromatic heterocycles. The van der Waals surface area contributed by atoms with Crippen LogP contribution in [-0.2, 0) is 4.79 Å². The number of carbonyl (C=O) groups is 1. The number of pyridine rings is 1. The molecule has 0 saturated carbocycles. The van der Waals surface area contributed by atoms with Crippen LogP contribution in [0.5, 0.6) is 5.75 Å². The van der Waals surface area contributed by atoms with E-state index in [1.54, 1.807) is 18.3 Å². The molecule has 5 aromatic rings. The Balaban J connectivity index is 1.29. The van der Waals surface area contributed by atoms with Crippen molar-refractivity contribution in [3.05, 3.63) is 121 Å². The average molecular weight is 534 g/mol. The van der Waals surface area contributed by atoms with Gasteiger partial charge in [-0.25, -0.2) is 0 Å². The molecule has 39 heavy (non-hydrogen) atoms. The summed E-state index contributed by atoms with van der Waals surface area (Å²) in [4.78, 5) is 19.8. The lowest BCUT2D eigenvalue weighted by molar-refractivity contribution is -0.116. The van der Waals surface area contributed by atoms with Crippen LogP contribution >= 0.6 is 12.2 Å². The highest BCUT2D eigenvalue weighted by atomic mass is 32.1. The van der Waals surface area contributed by atoms with E-state index in [0.717, 1.165) is 33.5 Å². The molecule has 2 atom stereocenters. The van der Waals surface area contributed by atoms with E-state index in [0.29, 0.717) is 11.7 Å². The molecule has 0 aliphatic carbocycles. The highest BCUT2D eigenvalue weighted by molar-refractivity contribution is 7.80. The fourth-order valence-corrected chi connectivity index (χ4v) is 5.55. The van der Waals surface area contributed by atoms with Crippen molar-refractivity contribution in [3.63, 3.8) is 0 Å². The van der Waals surface area contributed by atoms with Gasteiger partial charge in [0.05, 0.1) is 17.8 Å². The molecular formula is C31H27N5O2S. The molecule has 3 N–H and O–H groups in total. The summed E-state index contributed by atoms with van der Waals surface area (Å²) >= 11 is 5.80. The zero-order valence-corrected chi connectivity index (χ0v) is 21.9. The number of thiocarbonyl (C=S) groups is 1. The van der Waals surface area contributed by atoms with Crippen molar-refractivity contribution in [2.24, 2.45) is 0 Å². The first-order valence-electron chi connectivity index (χ1n) is 12.8. The van der Waals surface area contributed by atoms with Gasteiger partial charge in [-0.15, -0.1) is 0 Å². The van der Waals surface area contributed by atoms with Crippen molar-refractivity contribution < 1.29 is 9.90 Å². The second-order valence-corrected chi connectivity index (χ2v) is 9.85. The first kappa shape index (κ1) is 24.6. The van der Waals surface area contributed by atoms with Crippen molar-refractivity contribution in [1.29, 1.82) is 0 Å². The van der Waals surface area contributed by atoms with Gasteiger partial charge >= 0.3 is 0 Å². The third-order valence-electron chi connectivity index (χ3n) is 7.05. The Labute approximate surface area is 231 Å². The average Bonchev–Trinajstić information content (AvgIpc) is 3.57. The van der Waals surface area contributed by atoms with Gasteiger partial charge in [0, 0.05) is 47.8 Å². The largest absolute Gasteiger partial charge is 0.508 e. The minimum Gasteiger partial charge on any atom is -0.508 e. The Bertz CT molecular complexity index is 1630. The second kappa shape index (κ2) is 10.6. The van der Waals surface area contributed by atoms with Crippen LogP contribution in [0, 0.1) is 0 Å². The number of nitrogens with one attached hydrogen (secondary N) is 2. The lowest BCUT2D eigenvalue weighted by atomic mass is 10.0. The van der Waals surface area contributed by atoms with Crippen LogP contribution in [-0.4, -0.2) is 37.1 Å². The molecule has 194 valence electrons. The monoisotopic (exact) mass is 533 g/mol. The fraction of sp³-hybridized carbons (Fsp3) is 0.129. The number of aromatic nitrogens is 2. The van der Waals surface area contributed by atoms with Crippen LogP contribution in [0.2, 0.25) is 0 Å². The Kier molecular flexibility index (Phi) is 6.69. The van der Waals surface area contributed by atoms with E-state index < -0.39 is 0 Å². The van der Waals surface area contributed by atoms with E-state index in [1.165, 1.54) is 0 Å². The number of nitrogens with zero attached hydrogens (tertiary/aromatic N) is 3. The highest BCUT2D eigenvalue weighted by Crippen LogP contribution is 2.39. The summed E-state index contributed by atoms with van der Waals surface area (Å²) in [7, 11) is 0. The summed E-state index contributed by atoms with van der Waals surface area (Å²) in [6.45, 7) is 0.428. The number of fused-ring (bicyclic) bond motifs is 1. The van der Waals surface area contributed by atoms with Crippen molar-refractivity contribution in [2.45, 2.75) is 18.5 Å². The number of benzene rings is 3. The molecule has 0 radical (unpaired) electrons. The van der Waals surface area contributed by atoms with Gasteiger partial charge in [0.2, 0.25) is 5.91 Å². The van der Waals surface area contributed by atoms with Gasteiger partial charge in [0.25, 0.3) is 0 Å². The number of phenols is 1. The van der Waals surface area contributed by atoms with Crippen LogP contribution in [0.1, 0.15) is 29.9 Å². The van der Waals surface area contributed by atoms with Gasteiger partial charge in [-0.05, 0) is 72.2 Å². The Morgan fingerprint density at radius 1 is 0.949 bits per heavy atom. The van der Waals surface area contributed by atoms with Crippen LogP contribution in [0.3, 0.4) is 0 Å². The molecule has 3 aromatic carbocycles. The minimum atomic E-state index is -0.207. The second-order valence-electron chi connectivity index (χ2n) is 9.46. The number of hydrogen-bond acceptors (Lipinski definition) is 4. The van der Waals surface area contributed by atoms with Crippen LogP contribution in [0.25, 0.3) is 16.5 Å². The standard InChI is InChI=1S/C31H27N5O2S/c37-23-15-13-22(14-16-23)35-19-6-12-27(35)30-29(26-10-3-4-18-32-26)34-31(39)36(30)20-17-28(38)33-25-11-5-8-21-7-1-2-9-24(21)25/h1-16,18-19,29-30,37H,17,20H2,(H,33,38)(H,34,39)/t29-,30+/m0/s1. The Hall–Kier alpha value is -4.69. The zero-order chi connectivity index (χ0) is 26.8. The van der Waals surface area contributed by atoms with Gasteiger partial charge in [0.1, 0.15) is 5.75 Å². The summed E-state index contributed by atoms with van der Waals surface area (Å²) in [5.74, 6) is 0.129. The van der Waals surface area contributed by atoms with Gasteiger partial charge < -0.3 is 25.2 Å². The molecular weight excluding hydrogens is 506 g/mol. The molecule has 0 unspecified atom stereocenters. The lowest BCUT2D eigenvalue weighted by Crippen LogP contribution is -2.33. The molecule has 1 fully saturated rings. The number of rotatable bonds is 7. The molecule has 6 rings (SSSR count). The molecule has 1 aliphatic heterocycles. The van der Waals surface area contributed by atoms with Crippen LogP contribution in [0.15, 0.2) is 109 Å². The number of anilines is 1. The SMILES string of the molecule is O=C(CCN1C(=S)N[C@@H](c2ccccn2)[C@H]1c1cccn1-c1ccc(O)cc1)Nc1cccc2ccccc12. The minimum absolute atomic E-state index is 0.0805. The van der Waals surface area contributed by atoms with Gasteiger partial charge in [-0.3, -0.25) is 9.78 Å². The topological polar surface area (TPSA) is 82.4 Å². The molecule has 7 nitrogen and oxygen atoms in total. The van der Waals surface area contributed by atoms with Gasteiger partial charge in [-0.1, -0.05) is 42.5 Å². The van der Waals surface area contributed by atoms with E-state index in [4.69, 9.17) is 12.2 Å². The lowest BCUT2D eigenvalue weighted by Gasteiger charge is -2.29. The molecule has 0 bridgehead atoms. The van der Waals surface area contributed by atoms with E-state index in [-0.39, 0.29) is 30.2 Å². The van der Waals surface area contributed by atoms with Crippen molar-refractivity contribution in [2.75, 3.05) is 11.9 Å². The maximum atomic E-state index is 13.1. The first-order valence-corrected chi connectivity index (χ1v) is 13.2. The Morgan fingerprint density at radius 2 is 1.74 bits per heavy atom. The first-order chi connectivity index (χ1) is 19.1. The normalized spacial score (nSPS) is 16.8. The molecule has 3 heterocycles. The quantitative estimate of drug-likeness (QED) is 0.232. The van der Waals surface area contributed by atoms with Crippen LogP contribution < -0.4 is 10.6 Å². The van der Waals surface area contributed by atoms with E-state index in [1.807, 2.05) is 85.1 Å². The maximum Gasteiger partial charge on any atom is 0.226 e. The summed E-state index contributed by atoms with van der Waals surface area (Å²) in [5.41, 5.74) is 3.58. The van der Waals surface area contributed by atoms with Crippen molar-refractivity contribution in [3.8, 4) is 11.4 Å². The van der Waals surface area contributed by atoms with E-state index in [9.17, 15) is 9.90 Å². The smallest absolute Gasteiger partial charge is 0.226 e. The molecule has 1 amide bonds. The number of amides is 1. The van der Waals surface area contributed by atoms with Gasteiger partial charge in [0.15, 0.2) is 5.11 Å². The summed E-state index contributed by atoms with van der Waals surface area (Å²) in [6.07, 6.45) is 4.02. The zero-order valence-electron chi connectivity index (χ0n) is 21.1. The van der Waals surface area contributed by atoms with Crippen LogP contribution in [0.4, 0.5) is 5.69 Å². The van der Waals surface area contributed by atoms with Crippen molar-refractivity contribution >= 4 is 39.7 Å².